The Kier molecular flexibility index (Phi) is 8.38. The molecule has 0 bridgehead atoms. The summed E-state index contributed by atoms with van der Waals surface area (Å²) >= 11 is -0.0204. The molecule has 5 nitrogen and oxygen atoms in total. The summed E-state index contributed by atoms with van der Waals surface area (Å²) in [5, 5.41) is 0. The molecule has 160 valence electrons. The lowest BCUT2D eigenvalue weighted by atomic mass is 10.0. The Morgan fingerprint density at radius 1 is 1.14 bits per heavy atom. The number of hydrogen-bond acceptors (Lipinski definition) is 4. The minimum absolute atomic E-state index is 0.0685. The van der Waals surface area contributed by atoms with Crippen molar-refractivity contribution in [1.82, 2.24) is 9.80 Å². The van der Waals surface area contributed by atoms with Crippen molar-refractivity contribution < 1.29 is 14.3 Å². The lowest BCUT2D eigenvalue weighted by molar-refractivity contribution is -0.115. The number of amides is 1. The molecule has 0 aromatic carbocycles. The van der Waals surface area contributed by atoms with Crippen LogP contribution in [0.4, 0.5) is 4.79 Å². The molecule has 3 rings (SSSR count). The number of piperazine rings is 1. The molecule has 7 heteroatoms. The molecule has 3 aliphatic rings. The standard InChI is InChI=1S/C22H30I2N2O3/c1-22(2,3)29-21(28)26-13-11-25(12-14-26)10-5-4-8-19(27)18-15-17-7-6-9-23-20(17)24-16-18/h6-7,9,15-16H,4-5,8,10-14H2,1-3H3. The van der Waals surface area contributed by atoms with Gasteiger partial charge in [-0.1, -0.05) is 53.6 Å². The summed E-state index contributed by atoms with van der Waals surface area (Å²) in [6.45, 7) is 9.85. The topological polar surface area (TPSA) is 49.9 Å². The average molecular weight is 624 g/mol. The number of Topliss-reactive ketones (excluding diaryl/α,β-unsaturated/α-hetero) is 1. The van der Waals surface area contributed by atoms with Gasteiger partial charge < -0.3 is 9.64 Å². The zero-order chi connectivity index (χ0) is 20.9. The summed E-state index contributed by atoms with van der Waals surface area (Å²) in [5.41, 5.74) is 1.82. The second kappa shape index (κ2) is 10.6. The lowest BCUT2D eigenvalue weighted by Crippen LogP contribution is -2.50. The van der Waals surface area contributed by atoms with E-state index in [2.05, 4.69) is 31.2 Å². The quantitative estimate of drug-likeness (QED) is 0.322. The van der Waals surface area contributed by atoms with Crippen molar-refractivity contribution in [3.05, 3.63) is 33.5 Å². The van der Waals surface area contributed by atoms with Gasteiger partial charge in [0.25, 0.3) is 0 Å². The summed E-state index contributed by atoms with van der Waals surface area (Å²) in [5.74, 6) is 0.298. The number of carbonyl (C=O) groups is 2. The van der Waals surface area contributed by atoms with Crippen molar-refractivity contribution in [2.75, 3.05) is 32.7 Å². The summed E-state index contributed by atoms with van der Waals surface area (Å²) in [4.78, 5) is 28.9. The third-order valence-corrected chi connectivity index (χ3v) is 12.0. The minimum Gasteiger partial charge on any atom is -0.444 e. The zero-order valence-corrected chi connectivity index (χ0v) is 21.7. The number of fused-ring (bicyclic) bond motifs is 1. The number of unbranched alkanes of at least 4 members (excludes halogenated alkanes) is 1. The van der Waals surface area contributed by atoms with Crippen molar-refractivity contribution in [3.8, 4) is 0 Å². The highest BCUT2D eigenvalue weighted by atomic mass is 127. The molecule has 0 radical (unpaired) electrons. The van der Waals surface area contributed by atoms with Gasteiger partial charge in [0.2, 0.25) is 0 Å². The fourth-order valence-corrected chi connectivity index (χ4v) is 9.25. The minimum atomic E-state index is -0.445. The van der Waals surface area contributed by atoms with E-state index in [0.29, 0.717) is 25.3 Å². The Morgan fingerprint density at radius 2 is 1.90 bits per heavy atom. The lowest BCUT2D eigenvalue weighted by Gasteiger charge is -2.35. The molecule has 29 heavy (non-hydrogen) atoms. The normalized spacial score (nSPS) is 19.8. The van der Waals surface area contributed by atoms with Crippen LogP contribution in [0.3, 0.4) is 0 Å². The Morgan fingerprint density at radius 3 is 2.62 bits per heavy atom. The molecule has 0 aliphatic carbocycles. The van der Waals surface area contributed by atoms with Gasteiger partial charge in [-0.2, -0.15) is 0 Å². The molecule has 3 aliphatic heterocycles. The van der Waals surface area contributed by atoms with Crippen molar-refractivity contribution in [3.63, 3.8) is 0 Å². The van der Waals surface area contributed by atoms with Gasteiger partial charge in [0, 0.05) is 39.7 Å². The first-order valence-electron chi connectivity index (χ1n) is 10.1. The summed E-state index contributed by atoms with van der Waals surface area (Å²) in [7, 11) is 0. The van der Waals surface area contributed by atoms with E-state index in [1.165, 1.54) is 5.57 Å². The first kappa shape index (κ1) is 23.0. The highest BCUT2D eigenvalue weighted by molar-refractivity contribution is 14.3. The Balaban J connectivity index is 1.34. The number of ether oxygens (including phenoxy) is 1. The van der Waals surface area contributed by atoms with Gasteiger partial charge in [0.15, 0.2) is 5.78 Å². The largest absolute Gasteiger partial charge is 0.444 e. The molecule has 0 aromatic heterocycles. The number of halogens is 2. The van der Waals surface area contributed by atoms with Crippen LogP contribution < -0.4 is 0 Å². The molecular weight excluding hydrogens is 594 g/mol. The third kappa shape index (κ3) is 7.20. The Hall–Kier alpha value is -0.680. The molecule has 1 fully saturated rings. The van der Waals surface area contributed by atoms with E-state index in [0.717, 1.165) is 38.0 Å². The summed E-state index contributed by atoms with van der Waals surface area (Å²) < 4.78 is 11.6. The van der Waals surface area contributed by atoms with Crippen LogP contribution in [0.15, 0.2) is 33.5 Å². The van der Waals surface area contributed by atoms with E-state index >= 15 is 0 Å². The number of hydrogen-bond donors (Lipinski definition) is 0. The maximum atomic E-state index is 12.6. The summed E-state index contributed by atoms with van der Waals surface area (Å²) in [6, 6.07) is 0. The van der Waals surface area contributed by atoms with Crippen LogP contribution in [0.5, 0.6) is 0 Å². The van der Waals surface area contributed by atoms with Crippen molar-refractivity contribution in [2.24, 2.45) is 0 Å². The maximum Gasteiger partial charge on any atom is 0.410 e. The van der Waals surface area contributed by atoms with E-state index in [4.69, 9.17) is 4.74 Å². The second-order valence-electron chi connectivity index (χ2n) is 8.32. The second-order valence-corrected chi connectivity index (χ2v) is 15.1. The highest BCUT2D eigenvalue weighted by Crippen LogP contribution is 2.30. The van der Waals surface area contributed by atoms with Gasteiger partial charge in [-0.25, -0.2) is 4.79 Å². The average Bonchev–Trinajstić information content (AvgIpc) is 2.70. The van der Waals surface area contributed by atoms with Crippen LogP contribution in [-0.4, -0.2) is 65.5 Å². The number of carbonyl (C=O) groups excluding carboxylic acids is 2. The fourth-order valence-electron chi connectivity index (χ4n) is 3.24. The van der Waals surface area contributed by atoms with Crippen LogP contribution >= 0.6 is 41.5 Å². The fraction of sp³-hybridized carbons (Fsp3) is 0.545. The molecule has 3 heterocycles. The number of ketones is 1. The molecule has 0 aromatic rings. The van der Waals surface area contributed by atoms with Gasteiger partial charge >= 0.3 is 6.09 Å². The van der Waals surface area contributed by atoms with E-state index < -0.39 is 5.60 Å². The molecule has 0 N–H and O–H groups in total. The predicted octanol–water partition coefficient (Wildman–Crippen LogP) is 4.55. The zero-order valence-electron chi connectivity index (χ0n) is 17.4. The first-order chi connectivity index (χ1) is 13.8. The number of rotatable bonds is 6. The maximum absolute atomic E-state index is 12.6. The molecule has 0 saturated carbocycles. The van der Waals surface area contributed by atoms with E-state index in [9.17, 15) is 9.59 Å². The van der Waals surface area contributed by atoms with Crippen LogP contribution in [-0.2, 0) is 9.53 Å². The van der Waals surface area contributed by atoms with Crippen molar-refractivity contribution in [2.45, 2.75) is 45.6 Å². The molecule has 0 spiro atoms. The SMILES string of the molecule is CC(C)(C)OC(=O)N1CCN(CCCCC(=O)C2=CC3=CC=CI=C3I=C2)CC1. The van der Waals surface area contributed by atoms with E-state index in [1.807, 2.05) is 20.8 Å². The molecular formula is C22H30I2N2O3. The molecule has 1 saturated heterocycles. The Labute approximate surface area is 193 Å². The van der Waals surface area contributed by atoms with Gasteiger partial charge in [-0.15, -0.1) is 0 Å². The van der Waals surface area contributed by atoms with E-state index in [1.54, 1.807) is 6.42 Å². The molecule has 1 amide bonds. The smallest absolute Gasteiger partial charge is 0.410 e. The van der Waals surface area contributed by atoms with Crippen LogP contribution in [0.25, 0.3) is 0 Å². The molecule has 0 unspecified atom stereocenters. The number of nitrogens with zero attached hydrogens (tertiary/aromatic N) is 2. The van der Waals surface area contributed by atoms with Crippen LogP contribution in [0.1, 0.15) is 40.0 Å². The van der Waals surface area contributed by atoms with Gasteiger partial charge in [-0.05, 0) is 59.9 Å². The van der Waals surface area contributed by atoms with Crippen LogP contribution in [0.2, 0.25) is 0 Å². The Bertz CT molecular complexity index is 795. The van der Waals surface area contributed by atoms with Crippen LogP contribution in [0, 0.1) is 0 Å². The third-order valence-electron chi connectivity index (χ3n) is 4.78. The van der Waals surface area contributed by atoms with Crippen molar-refractivity contribution >= 4 is 58.9 Å². The molecule has 0 atom stereocenters. The number of allylic oxidation sites excluding steroid dienone is 5. The first-order valence-corrected chi connectivity index (χ1v) is 14.8. The summed E-state index contributed by atoms with van der Waals surface area (Å²) in [6.07, 6.45) is 8.79. The predicted molar refractivity (Wildman–Crippen MR) is 138 cm³/mol. The van der Waals surface area contributed by atoms with Gasteiger partial charge in [0.1, 0.15) is 5.60 Å². The van der Waals surface area contributed by atoms with E-state index in [-0.39, 0.29) is 47.6 Å². The highest BCUT2D eigenvalue weighted by Gasteiger charge is 2.25. The van der Waals surface area contributed by atoms with Crippen molar-refractivity contribution in [1.29, 1.82) is 0 Å². The van der Waals surface area contributed by atoms with Gasteiger partial charge in [-0.3, -0.25) is 9.69 Å². The van der Waals surface area contributed by atoms with Gasteiger partial charge in [0.05, 0.1) is 0 Å². The monoisotopic (exact) mass is 624 g/mol.